The van der Waals surface area contributed by atoms with Crippen LogP contribution in [0.2, 0.25) is 5.02 Å². The highest BCUT2D eigenvalue weighted by molar-refractivity contribution is 6.30. The molecular weight excluding hydrogens is 184 g/mol. The van der Waals surface area contributed by atoms with Gasteiger partial charge in [-0.3, -0.25) is 0 Å². The molecule has 0 spiro atoms. The number of nitriles is 1. The molecule has 0 unspecified atom stereocenters. The van der Waals surface area contributed by atoms with E-state index in [4.69, 9.17) is 16.9 Å². The highest BCUT2D eigenvalue weighted by Crippen LogP contribution is 2.20. The Morgan fingerprint density at radius 3 is 2.58 bits per heavy atom. The van der Waals surface area contributed by atoms with Crippen LogP contribution in [-0.2, 0) is 6.42 Å². The second-order valence-corrected chi connectivity index (χ2v) is 2.58. The maximum absolute atomic E-state index is 12.8. The zero-order chi connectivity index (χ0) is 9.14. The molecule has 0 aliphatic rings. The smallest absolute Gasteiger partial charge is 0.177 e. The summed E-state index contributed by atoms with van der Waals surface area (Å²) in [5.74, 6) is -2.13. The van der Waals surface area contributed by atoms with Crippen molar-refractivity contribution >= 4 is 11.6 Å². The van der Waals surface area contributed by atoms with Gasteiger partial charge in [0.2, 0.25) is 0 Å². The molecule has 0 aliphatic carbocycles. The minimum Gasteiger partial charge on any atom is -0.203 e. The van der Waals surface area contributed by atoms with Crippen LogP contribution < -0.4 is 0 Å². The first-order chi connectivity index (χ1) is 5.66. The van der Waals surface area contributed by atoms with Gasteiger partial charge >= 0.3 is 0 Å². The Labute approximate surface area is 73.2 Å². The predicted molar refractivity (Wildman–Crippen MR) is 40.7 cm³/mol. The standard InChI is InChI=1S/C8H4ClF2N/c9-6-2-1-5(3-4-12)7(10)8(6)11/h1-2H,3H2. The number of halogens is 3. The summed E-state index contributed by atoms with van der Waals surface area (Å²) in [7, 11) is 0. The van der Waals surface area contributed by atoms with Crippen LogP contribution in [0.5, 0.6) is 0 Å². The third-order valence-corrected chi connectivity index (χ3v) is 1.68. The number of nitrogens with zero attached hydrogens (tertiary/aromatic N) is 1. The van der Waals surface area contributed by atoms with Gasteiger partial charge in [0, 0.05) is 5.56 Å². The predicted octanol–water partition coefficient (Wildman–Crippen LogP) is 2.68. The van der Waals surface area contributed by atoms with Crippen molar-refractivity contribution in [1.29, 1.82) is 5.26 Å². The fourth-order valence-electron chi connectivity index (χ4n) is 0.788. The molecule has 1 aromatic carbocycles. The Kier molecular flexibility index (Phi) is 2.61. The topological polar surface area (TPSA) is 23.8 Å². The van der Waals surface area contributed by atoms with E-state index >= 15 is 0 Å². The van der Waals surface area contributed by atoms with Gasteiger partial charge in [0.25, 0.3) is 0 Å². The summed E-state index contributed by atoms with van der Waals surface area (Å²) < 4.78 is 25.5. The first-order valence-electron chi connectivity index (χ1n) is 3.16. The highest BCUT2D eigenvalue weighted by Gasteiger charge is 2.10. The molecule has 0 fully saturated rings. The average Bonchev–Trinajstić information content (AvgIpc) is 2.07. The van der Waals surface area contributed by atoms with Crippen molar-refractivity contribution in [3.63, 3.8) is 0 Å². The van der Waals surface area contributed by atoms with E-state index in [1.54, 1.807) is 6.07 Å². The van der Waals surface area contributed by atoms with Crippen LogP contribution in [0, 0.1) is 23.0 Å². The lowest BCUT2D eigenvalue weighted by Gasteiger charge is -1.99. The van der Waals surface area contributed by atoms with Gasteiger partial charge in [0.05, 0.1) is 17.5 Å². The Morgan fingerprint density at radius 1 is 1.33 bits per heavy atom. The van der Waals surface area contributed by atoms with Crippen LogP contribution in [0.1, 0.15) is 5.56 Å². The van der Waals surface area contributed by atoms with Gasteiger partial charge in [-0.25, -0.2) is 8.78 Å². The number of benzene rings is 1. The van der Waals surface area contributed by atoms with E-state index in [0.717, 1.165) is 0 Å². The first kappa shape index (κ1) is 8.95. The monoisotopic (exact) mass is 187 g/mol. The zero-order valence-corrected chi connectivity index (χ0v) is 6.70. The van der Waals surface area contributed by atoms with E-state index in [9.17, 15) is 8.78 Å². The van der Waals surface area contributed by atoms with Crippen molar-refractivity contribution in [2.75, 3.05) is 0 Å². The summed E-state index contributed by atoms with van der Waals surface area (Å²) in [6.45, 7) is 0. The van der Waals surface area contributed by atoms with Gasteiger partial charge in [-0.05, 0) is 6.07 Å². The molecule has 1 rings (SSSR count). The van der Waals surface area contributed by atoms with Gasteiger partial charge < -0.3 is 0 Å². The van der Waals surface area contributed by atoms with E-state index in [2.05, 4.69) is 0 Å². The maximum atomic E-state index is 12.8. The van der Waals surface area contributed by atoms with Crippen molar-refractivity contribution in [1.82, 2.24) is 0 Å². The number of hydrogen-bond donors (Lipinski definition) is 0. The molecule has 0 aliphatic heterocycles. The molecule has 0 bridgehead atoms. The van der Waals surface area contributed by atoms with Gasteiger partial charge in [0.15, 0.2) is 11.6 Å². The highest BCUT2D eigenvalue weighted by atomic mass is 35.5. The minimum atomic E-state index is -1.09. The van der Waals surface area contributed by atoms with Crippen molar-refractivity contribution in [2.45, 2.75) is 6.42 Å². The Bertz CT molecular complexity index is 344. The third-order valence-electron chi connectivity index (χ3n) is 1.38. The molecule has 0 radical (unpaired) electrons. The fraction of sp³-hybridized carbons (Fsp3) is 0.125. The lowest BCUT2D eigenvalue weighted by molar-refractivity contribution is 0.502. The quantitative estimate of drug-likeness (QED) is 0.620. The van der Waals surface area contributed by atoms with Crippen LogP contribution >= 0.6 is 11.6 Å². The van der Waals surface area contributed by atoms with Crippen LogP contribution in [0.15, 0.2) is 12.1 Å². The molecule has 0 saturated carbocycles. The largest absolute Gasteiger partial charge is 0.203 e. The molecule has 0 N–H and O–H groups in total. The first-order valence-corrected chi connectivity index (χ1v) is 3.54. The Morgan fingerprint density at radius 2 is 2.00 bits per heavy atom. The van der Waals surface area contributed by atoms with Crippen LogP contribution in [0.3, 0.4) is 0 Å². The number of rotatable bonds is 1. The molecule has 0 heterocycles. The van der Waals surface area contributed by atoms with Gasteiger partial charge in [-0.2, -0.15) is 5.26 Å². The zero-order valence-electron chi connectivity index (χ0n) is 5.94. The minimum absolute atomic E-state index is 0.0272. The molecule has 1 nitrogen and oxygen atoms in total. The van der Waals surface area contributed by atoms with Gasteiger partial charge in [-0.1, -0.05) is 17.7 Å². The molecule has 0 aromatic heterocycles. The summed E-state index contributed by atoms with van der Waals surface area (Å²) in [6.07, 6.45) is -0.153. The average molecular weight is 188 g/mol. The van der Waals surface area contributed by atoms with E-state index in [-0.39, 0.29) is 17.0 Å². The van der Waals surface area contributed by atoms with Crippen molar-refractivity contribution in [3.8, 4) is 6.07 Å². The SMILES string of the molecule is N#CCc1ccc(Cl)c(F)c1F. The van der Waals surface area contributed by atoms with Crippen molar-refractivity contribution < 1.29 is 8.78 Å². The van der Waals surface area contributed by atoms with Gasteiger partial charge in [-0.15, -0.1) is 0 Å². The maximum Gasteiger partial charge on any atom is 0.177 e. The fourth-order valence-corrected chi connectivity index (χ4v) is 0.934. The normalized spacial score (nSPS) is 9.50. The second kappa shape index (κ2) is 3.51. The van der Waals surface area contributed by atoms with Crippen LogP contribution in [0.4, 0.5) is 8.78 Å². The molecule has 0 saturated heterocycles. The van der Waals surface area contributed by atoms with Crippen LogP contribution in [-0.4, -0.2) is 0 Å². The van der Waals surface area contributed by atoms with E-state index in [1.165, 1.54) is 12.1 Å². The van der Waals surface area contributed by atoms with Gasteiger partial charge in [0.1, 0.15) is 0 Å². The van der Waals surface area contributed by atoms with Crippen LogP contribution in [0.25, 0.3) is 0 Å². The molecule has 4 heteroatoms. The van der Waals surface area contributed by atoms with E-state index in [0.29, 0.717) is 0 Å². The molecular formula is C8H4ClF2N. The third kappa shape index (κ3) is 1.54. The summed E-state index contributed by atoms with van der Waals surface area (Å²) in [4.78, 5) is 0. The summed E-state index contributed by atoms with van der Waals surface area (Å²) in [5.41, 5.74) is 0.0272. The lowest BCUT2D eigenvalue weighted by atomic mass is 10.1. The van der Waals surface area contributed by atoms with E-state index < -0.39 is 11.6 Å². The van der Waals surface area contributed by atoms with Crippen molar-refractivity contribution in [2.24, 2.45) is 0 Å². The summed E-state index contributed by atoms with van der Waals surface area (Å²) >= 11 is 5.29. The summed E-state index contributed by atoms with van der Waals surface area (Å²) in [6, 6.07) is 4.25. The number of hydrogen-bond acceptors (Lipinski definition) is 1. The Balaban J connectivity index is 3.19. The molecule has 0 atom stereocenters. The Hall–Kier alpha value is -1.14. The molecule has 62 valence electrons. The second-order valence-electron chi connectivity index (χ2n) is 2.17. The van der Waals surface area contributed by atoms with Crippen molar-refractivity contribution in [3.05, 3.63) is 34.4 Å². The summed E-state index contributed by atoms with van der Waals surface area (Å²) in [5, 5.41) is 7.96. The van der Waals surface area contributed by atoms with E-state index in [1.807, 2.05) is 0 Å². The lowest BCUT2D eigenvalue weighted by Crippen LogP contribution is -1.93. The molecule has 1 aromatic rings. The molecule has 0 amide bonds. The molecule has 12 heavy (non-hydrogen) atoms.